The van der Waals surface area contributed by atoms with Crippen molar-refractivity contribution in [1.29, 1.82) is 0 Å². The molecule has 4 rings (SSSR count). The van der Waals surface area contributed by atoms with Gasteiger partial charge in [-0.15, -0.1) is 0 Å². The van der Waals surface area contributed by atoms with Crippen molar-refractivity contribution < 1.29 is 17.9 Å². The number of morpholine rings is 1. The molecule has 9 heteroatoms. The van der Waals surface area contributed by atoms with Gasteiger partial charge in [-0.3, -0.25) is 9.78 Å². The first-order valence-corrected chi connectivity index (χ1v) is 12.5. The quantitative estimate of drug-likeness (QED) is 0.658. The van der Waals surface area contributed by atoms with Gasteiger partial charge in [-0.25, -0.2) is 8.42 Å². The van der Waals surface area contributed by atoms with E-state index in [0.29, 0.717) is 32.5 Å². The lowest BCUT2D eigenvalue weighted by atomic mass is 9.96. The van der Waals surface area contributed by atoms with E-state index >= 15 is 0 Å². The van der Waals surface area contributed by atoms with Gasteiger partial charge >= 0.3 is 0 Å². The summed E-state index contributed by atoms with van der Waals surface area (Å²) in [6.07, 6.45) is 3.97. The van der Waals surface area contributed by atoms with Crippen molar-refractivity contribution in [2.45, 2.75) is 24.3 Å². The molecule has 0 radical (unpaired) electrons. The molecule has 8 nitrogen and oxygen atoms in total. The Morgan fingerprint density at radius 3 is 2.41 bits per heavy atom. The Balaban J connectivity index is 1.30. The lowest BCUT2D eigenvalue weighted by Crippen LogP contribution is -2.43. The summed E-state index contributed by atoms with van der Waals surface area (Å²) in [6.45, 7) is 4.52. The summed E-state index contributed by atoms with van der Waals surface area (Å²) in [5, 5.41) is 0. The zero-order valence-electron chi connectivity index (χ0n) is 18.4. The Morgan fingerprint density at radius 1 is 1.09 bits per heavy atom. The highest BCUT2D eigenvalue weighted by Crippen LogP contribution is 2.25. The van der Waals surface area contributed by atoms with Gasteiger partial charge in [0.25, 0.3) is 0 Å². The summed E-state index contributed by atoms with van der Waals surface area (Å²) in [4.78, 5) is 21.1. The van der Waals surface area contributed by atoms with Crippen LogP contribution >= 0.6 is 0 Å². The SMILES string of the molecule is CN(Cc1ccc(N2CCOCC2)cc1)C(=O)C1CCN(S(=O)(=O)c2cccnc2)CC1. The van der Waals surface area contributed by atoms with E-state index < -0.39 is 10.0 Å². The van der Waals surface area contributed by atoms with Gasteiger partial charge in [0.1, 0.15) is 4.90 Å². The first kappa shape index (κ1) is 22.7. The summed E-state index contributed by atoms with van der Waals surface area (Å²) in [7, 11) is -1.74. The first-order chi connectivity index (χ1) is 15.4. The second-order valence-electron chi connectivity index (χ2n) is 8.33. The summed E-state index contributed by atoms with van der Waals surface area (Å²) in [5.41, 5.74) is 2.25. The fraction of sp³-hybridized carbons (Fsp3) is 0.478. The molecule has 0 N–H and O–H groups in total. The largest absolute Gasteiger partial charge is 0.378 e. The van der Waals surface area contributed by atoms with E-state index in [1.165, 1.54) is 16.2 Å². The van der Waals surface area contributed by atoms with E-state index in [-0.39, 0.29) is 16.7 Å². The molecule has 3 heterocycles. The Hall–Kier alpha value is -2.49. The van der Waals surface area contributed by atoms with Gasteiger partial charge in [-0.05, 0) is 42.7 Å². The van der Waals surface area contributed by atoms with Crippen LogP contribution in [0.4, 0.5) is 5.69 Å². The van der Waals surface area contributed by atoms with E-state index in [2.05, 4.69) is 34.1 Å². The number of aromatic nitrogens is 1. The summed E-state index contributed by atoms with van der Waals surface area (Å²) >= 11 is 0. The van der Waals surface area contributed by atoms with Gasteiger partial charge in [-0.1, -0.05) is 12.1 Å². The molecule has 0 atom stereocenters. The number of ether oxygens (including phenoxy) is 1. The van der Waals surface area contributed by atoms with Crippen LogP contribution in [0.2, 0.25) is 0 Å². The van der Waals surface area contributed by atoms with E-state index in [1.807, 2.05) is 7.05 Å². The minimum Gasteiger partial charge on any atom is -0.378 e. The van der Waals surface area contributed by atoms with Gasteiger partial charge in [0.05, 0.1) is 13.2 Å². The molecular formula is C23H30N4O4S. The van der Waals surface area contributed by atoms with Crippen molar-refractivity contribution in [3.8, 4) is 0 Å². The normalized spacial score (nSPS) is 18.5. The third-order valence-corrected chi connectivity index (χ3v) is 8.07. The van der Waals surface area contributed by atoms with Crippen molar-refractivity contribution in [2.75, 3.05) is 51.3 Å². The summed E-state index contributed by atoms with van der Waals surface area (Å²) in [5.74, 6) is -0.0892. The van der Waals surface area contributed by atoms with Crippen molar-refractivity contribution in [1.82, 2.24) is 14.2 Å². The number of hydrogen-bond acceptors (Lipinski definition) is 6. The highest BCUT2D eigenvalue weighted by molar-refractivity contribution is 7.89. The Labute approximate surface area is 189 Å². The Morgan fingerprint density at radius 2 is 1.78 bits per heavy atom. The third kappa shape index (κ3) is 5.11. The molecular weight excluding hydrogens is 428 g/mol. The number of benzene rings is 1. The van der Waals surface area contributed by atoms with Crippen molar-refractivity contribution in [3.05, 3.63) is 54.4 Å². The molecule has 0 bridgehead atoms. The highest BCUT2D eigenvalue weighted by atomic mass is 32.2. The van der Waals surface area contributed by atoms with Crippen LogP contribution in [0, 0.1) is 5.92 Å². The number of piperidine rings is 1. The van der Waals surface area contributed by atoms with Crippen molar-refractivity contribution in [2.24, 2.45) is 5.92 Å². The van der Waals surface area contributed by atoms with Crippen LogP contribution in [0.5, 0.6) is 0 Å². The molecule has 1 aromatic carbocycles. The fourth-order valence-corrected chi connectivity index (χ4v) is 5.72. The summed E-state index contributed by atoms with van der Waals surface area (Å²) < 4.78 is 32.4. The number of carbonyl (C=O) groups excluding carboxylic acids is 1. The Kier molecular flexibility index (Phi) is 7.07. The number of nitrogens with zero attached hydrogens (tertiary/aromatic N) is 4. The van der Waals surface area contributed by atoms with E-state index in [9.17, 15) is 13.2 Å². The molecule has 2 aliphatic heterocycles. The predicted molar refractivity (Wildman–Crippen MR) is 122 cm³/mol. The molecule has 32 heavy (non-hydrogen) atoms. The zero-order valence-corrected chi connectivity index (χ0v) is 19.2. The fourth-order valence-electron chi connectivity index (χ4n) is 4.29. The first-order valence-electron chi connectivity index (χ1n) is 11.0. The monoisotopic (exact) mass is 458 g/mol. The number of sulfonamides is 1. The maximum absolute atomic E-state index is 13.0. The Bertz CT molecular complexity index is 1000. The van der Waals surface area contributed by atoms with Gasteiger partial charge < -0.3 is 14.5 Å². The predicted octanol–water partition coefficient (Wildman–Crippen LogP) is 1.98. The number of amides is 1. The molecule has 2 aliphatic rings. The molecule has 0 aliphatic carbocycles. The average molecular weight is 459 g/mol. The third-order valence-electron chi connectivity index (χ3n) is 6.18. The standard InChI is InChI=1S/C23H30N4O4S/c1-25(18-19-4-6-21(7-5-19)26-13-15-31-16-14-26)23(28)20-8-11-27(12-9-20)32(29,30)22-3-2-10-24-17-22/h2-7,10,17,20H,8-9,11-16,18H2,1H3. The molecule has 0 saturated carbocycles. The number of pyridine rings is 1. The van der Waals surface area contributed by atoms with Crippen molar-refractivity contribution >= 4 is 21.6 Å². The van der Waals surface area contributed by atoms with Gasteiger partial charge in [-0.2, -0.15) is 4.31 Å². The molecule has 1 amide bonds. The summed E-state index contributed by atoms with van der Waals surface area (Å²) in [6, 6.07) is 11.5. The van der Waals surface area contributed by atoms with Crippen LogP contribution in [0.15, 0.2) is 53.7 Å². The molecule has 2 fully saturated rings. The van der Waals surface area contributed by atoms with Gasteiger partial charge in [0.15, 0.2) is 0 Å². The molecule has 0 spiro atoms. The van der Waals surface area contributed by atoms with Crippen LogP contribution in [-0.4, -0.2) is 75.0 Å². The smallest absolute Gasteiger partial charge is 0.244 e. The van der Waals surface area contributed by atoms with Gasteiger partial charge in [0, 0.05) is 63.8 Å². The number of carbonyl (C=O) groups is 1. The minimum atomic E-state index is -3.56. The van der Waals surface area contributed by atoms with Crippen LogP contribution in [0.1, 0.15) is 18.4 Å². The zero-order chi connectivity index (χ0) is 22.6. The molecule has 1 aromatic heterocycles. The maximum atomic E-state index is 13.0. The second kappa shape index (κ2) is 9.97. The van der Waals surface area contributed by atoms with Gasteiger partial charge in [0.2, 0.25) is 15.9 Å². The lowest BCUT2D eigenvalue weighted by molar-refractivity contribution is -0.135. The van der Waals surface area contributed by atoms with E-state index in [1.54, 1.807) is 23.2 Å². The maximum Gasteiger partial charge on any atom is 0.244 e. The van der Waals surface area contributed by atoms with E-state index in [0.717, 1.165) is 31.9 Å². The minimum absolute atomic E-state index is 0.0701. The highest BCUT2D eigenvalue weighted by Gasteiger charge is 2.33. The average Bonchev–Trinajstić information content (AvgIpc) is 2.85. The number of anilines is 1. The lowest BCUT2D eigenvalue weighted by Gasteiger charge is -2.32. The molecule has 172 valence electrons. The van der Waals surface area contributed by atoms with Crippen LogP contribution in [0.3, 0.4) is 0 Å². The second-order valence-corrected chi connectivity index (χ2v) is 10.3. The molecule has 2 saturated heterocycles. The number of hydrogen-bond donors (Lipinski definition) is 0. The topological polar surface area (TPSA) is 83.0 Å². The number of rotatable bonds is 6. The van der Waals surface area contributed by atoms with Crippen LogP contribution < -0.4 is 4.90 Å². The molecule has 2 aromatic rings. The molecule has 0 unspecified atom stereocenters. The van der Waals surface area contributed by atoms with Crippen LogP contribution in [-0.2, 0) is 26.1 Å². The van der Waals surface area contributed by atoms with Crippen molar-refractivity contribution in [3.63, 3.8) is 0 Å². The van der Waals surface area contributed by atoms with Crippen LogP contribution in [0.25, 0.3) is 0 Å². The van der Waals surface area contributed by atoms with E-state index in [4.69, 9.17) is 4.74 Å².